The third-order valence-electron chi connectivity index (χ3n) is 1.69. The van der Waals surface area contributed by atoms with E-state index in [2.05, 4.69) is 17.3 Å². The smallest absolute Gasteiger partial charge is 0.156 e. The molecular weight excluding hydrogens is 104 g/mol. The van der Waals surface area contributed by atoms with E-state index in [-0.39, 0.29) is 5.72 Å². The van der Waals surface area contributed by atoms with Crippen molar-refractivity contribution >= 4 is 0 Å². The third kappa shape index (κ3) is 0.555. The van der Waals surface area contributed by atoms with E-state index < -0.39 is 0 Å². The molecule has 46 valence electrons. The number of likely N-dealkylation sites (N-methyl/N-ethyl adjacent to an activating group) is 1. The third-order valence-corrected chi connectivity index (χ3v) is 1.69. The van der Waals surface area contributed by atoms with E-state index in [4.69, 9.17) is 4.74 Å². The van der Waals surface area contributed by atoms with E-state index >= 15 is 0 Å². The number of epoxide rings is 1. The van der Waals surface area contributed by atoms with Gasteiger partial charge in [-0.05, 0) is 7.05 Å². The minimum atomic E-state index is 0.0920. The maximum Gasteiger partial charge on any atom is 0.156 e. The predicted molar refractivity (Wildman–Crippen MR) is 29.3 cm³/mol. The second kappa shape index (κ2) is 1.23. The first-order valence-electron chi connectivity index (χ1n) is 2.88. The Kier molecular flexibility index (Phi) is 0.730. The first-order valence-corrected chi connectivity index (χ1v) is 2.88. The number of nitrogens with one attached hydrogen (secondary N) is 1. The summed E-state index contributed by atoms with van der Waals surface area (Å²) in [6.07, 6.45) is 0. The van der Waals surface area contributed by atoms with Crippen LogP contribution in [0.15, 0.2) is 0 Å². The molecular formula is C5H10N2O. The summed E-state index contributed by atoms with van der Waals surface area (Å²) in [6.45, 7) is 2.92. The SMILES string of the molecule is CN1CNC2(CO2)C1. The van der Waals surface area contributed by atoms with Crippen LogP contribution < -0.4 is 5.32 Å². The second-order valence-corrected chi connectivity index (χ2v) is 2.63. The fourth-order valence-electron chi connectivity index (χ4n) is 1.11. The molecule has 1 unspecified atom stereocenters. The average molecular weight is 114 g/mol. The van der Waals surface area contributed by atoms with Gasteiger partial charge in [-0.25, -0.2) is 0 Å². The molecule has 0 aromatic carbocycles. The quantitative estimate of drug-likeness (QED) is 0.418. The number of nitrogens with zero attached hydrogens (tertiary/aromatic N) is 1. The second-order valence-electron chi connectivity index (χ2n) is 2.63. The molecule has 0 bridgehead atoms. The molecule has 2 heterocycles. The summed E-state index contributed by atoms with van der Waals surface area (Å²) in [4.78, 5) is 2.22. The highest BCUT2D eigenvalue weighted by molar-refractivity contribution is 4.95. The van der Waals surface area contributed by atoms with Crippen LogP contribution in [0.4, 0.5) is 0 Å². The summed E-state index contributed by atoms with van der Waals surface area (Å²) in [5.41, 5.74) is 0.0920. The van der Waals surface area contributed by atoms with Gasteiger partial charge in [0.2, 0.25) is 0 Å². The van der Waals surface area contributed by atoms with Gasteiger partial charge in [0.1, 0.15) is 0 Å². The Morgan fingerprint density at radius 3 is 2.75 bits per heavy atom. The van der Waals surface area contributed by atoms with Crippen molar-refractivity contribution < 1.29 is 4.74 Å². The minimum absolute atomic E-state index is 0.0920. The fraction of sp³-hybridized carbons (Fsp3) is 1.00. The van der Waals surface area contributed by atoms with Crippen LogP contribution in [0.5, 0.6) is 0 Å². The van der Waals surface area contributed by atoms with Gasteiger partial charge in [-0.1, -0.05) is 0 Å². The fourth-order valence-corrected chi connectivity index (χ4v) is 1.11. The molecule has 2 saturated heterocycles. The van der Waals surface area contributed by atoms with Gasteiger partial charge in [-0.3, -0.25) is 10.2 Å². The van der Waals surface area contributed by atoms with Gasteiger partial charge in [0.05, 0.1) is 13.3 Å². The van der Waals surface area contributed by atoms with Gasteiger partial charge >= 0.3 is 0 Å². The van der Waals surface area contributed by atoms with Crippen LogP contribution >= 0.6 is 0 Å². The highest BCUT2D eigenvalue weighted by Gasteiger charge is 2.48. The molecule has 3 heteroatoms. The zero-order chi connectivity index (χ0) is 5.61. The Labute approximate surface area is 48.6 Å². The first-order chi connectivity index (χ1) is 3.81. The molecule has 0 aromatic heterocycles. The van der Waals surface area contributed by atoms with Crippen molar-refractivity contribution in [3.63, 3.8) is 0 Å². The molecule has 3 nitrogen and oxygen atoms in total. The molecule has 0 aromatic rings. The lowest BCUT2D eigenvalue weighted by atomic mass is 10.4. The maximum absolute atomic E-state index is 5.17. The molecule has 2 aliphatic heterocycles. The molecule has 1 N–H and O–H groups in total. The van der Waals surface area contributed by atoms with Crippen molar-refractivity contribution in [1.82, 2.24) is 10.2 Å². The van der Waals surface area contributed by atoms with Crippen molar-refractivity contribution in [1.29, 1.82) is 0 Å². The van der Waals surface area contributed by atoms with Crippen molar-refractivity contribution in [2.45, 2.75) is 5.72 Å². The molecule has 0 saturated carbocycles. The standard InChI is InChI=1S/C5H10N2O/c1-7-2-5(3-8-5)6-4-7/h6H,2-4H2,1H3. The summed E-state index contributed by atoms with van der Waals surface area (Å²) in [5, 5.41) is 3.26. The van der Waals surface area contributed by atoms with Crippen molar-refractivity contribution in [2.24, 2.45) is 0 Å². The van der Waals surface area contributed by atoms with Crippen LogP contribution in [0.2, 0.25) is 0 Å². The van der Waals surface area contributed by atoms with E-state index in [1.807, 2.05) is 0 Å². The lowest BCUT2D eigenvalue weighted by molar-refractivity contribution is 0.283. The van der Waals surface area contributed by atoms with Crippen molar-refractivity contribution in [3.8, 4) is 0 Å². The molecule has 0 radical (unpaired) electrons. The summed E-state index contributed by atoms with van der Waals surface area (Å²) in [6, 6.07) is 0. The van der Waals surface area contributed by atoms with Gasteiger partial charge in [-0.2, -0.15) is 0 Å². The van der Waals surface area contributed by atoms with Gasteiger partial charge in [-0.15, -0.1) is 0 Å². The van der Waals surface area contributed by atoms with E-state index in [1.54, 1.807) is 0 Å². The monoisotopic (exact) mass is 114 g/mol. The van der Waals surface area contributed by atoms with Crippen LogP contribution in [0.25, 0.3) is 0 Å². The van der Waals surface area contributed by atoms with Crippen LogP contribution in [0.1, 0.15) is 0 Å². The highest BCUT2D eigenvalue weighted by Crippen LogP contribution is 2.27. The molecule has 2 aliphatic rings. The van der Waals surface area contributed by atoms with Crippen LogP contribution in [-0.2, 0) is 4.74 Å². The van der Waals surface area contributed by atoms with Gasteiger partial charge in [0.25, 0.3) is 0 Å². The highest BCUT2D eigenvalue weighted by atomic mass is 16.6. The van der Waals surface area contributed by atoms with Gasteiger partial charge < -0.3 is 4.74 Å². The summed E-state index contributed by atoms with van der Waals surface area (Å²) in [7, 11) is 2.09. The first kappa shape index (κ1) is 4.73. The normalized spacial score (nSPS) is 46.1. The van der Waals surface area contributed by atoms with Crippen molar-refractivity contribution in [3.05, 3.63) is 0 Å². The Hall–Kier alpha value is -0.120. The minimum Gasteiger partial charge on any atom is -0.352 e. The van der Waals surface area contributed by atoms with Crippen LogP contribution in [0, 0.1) is 0 Å². The Bertz CT molecular complexity index is 111. The number of ether oxygens (including phenoxy) is 1. The summed E-state index contributed by atoms with van der Waals surface area (Å²) < 4.78 is 5.17. The molecule has 2 rings (SSSR count). The lowest BCUT2D eigenvalue weighted by Crippen LogP contribution is -2.27. The average Bonchev–Trinajstić information content (AvgIpc) is 2.34. The zero-order valence-electron chi connectivity index (χ0n) is 4.98. The Balaban J connectivity index is 2.03. The molecule has 0 aliphatic carbocycles. The van der Waals surface area contributed by atoms with E-state index in [9.17, 15) is 0 Å². The largest absolute Gasteiger partial charge is 0.352 e. The Morgan fingerprint density at radius 2 is 2.50 bits per heavy atom. The lowest BCUT2D eigenvalue weighted by Gasteiger charge is -2.01. The number of rotatable bonds is 0. The summed E-state index contributed by atoms with van der Waals surface area (Å²) in [5.74, 6) is 0. The van der Waals surface area contributed by atoms with Crippen LogP contribution in [-0.4, -0.2) is 37.5 Å². The van der Waals surface area contributed by atoms with Crippen LogP contribution in [0.3, 0.4) is 0 Å². The predicted octanol–water partition coefficient (Wildman–Crippen LogP) is -0.795. The van der Waals surface area contributed by atoms with E-state index in [0.717, 1.165) is 19.8 Å². The molecule has 1 spiro atoms. The van der Waals surface area contributed by atoms with E-state index in [0.29, 0.717) is 0 Å². The van der Waals surface area contributed by atoms with Gasteiger partial charge in [0.15, 0.2) is 5.72 Å². The molecule has 8 heavy (non-hydrogen) atoms. The van der Waals surface area contributed by atoms with Gasteiger partial charge in [0, 0.05) is 6.54 Å². The van der Waals surface area contributed by atoms with Crippen molar-refractivity contribution in [2.75, 3.05) is 26.9 Å². The Morgan fingerprint density at radius 1 is 1.75 bits per heavy atom. The maximum atomic E-state index is 5.17. The zero-order valence-corrected chi connectivity index (χ0v) is 4.98. The number of hydrogen-bond donors (Lipinski definition) is 1. The topological polar surface area (TPSA) is 27.8 Å². The number of hydrogen-bond acceptors (Lipinski definition) is 3. The van der Waals surface area contributed by atoms with E-state index in [1.165, 1.54) is 0 Å². The molecule has 1 atom stereocenters. The summed E-state index contributed by atoms with van der Waals surface area (Å²) >= 11 is 0. The molecule has 0 amide bonds. The molecule has 2 fully saturated rings.